The van der Waals surface area contributed by atoms with Gasteiger partial charge in [0, 0.05) is 10.5 Å². The second-order valence-electron chi connectivity index (χ2n) is 4.22. The fourth-order valence-corrected chi connectivity index (χ4v) is 2.09. The van der Waals surface area contributed by atoms with Crippen molar-refractivity contribution < 1.29 is 4.74 Å². The molecule has 0 unspecified atom stereocenters. The second kappa shape index (κ2) is 5.98. The molecule has 108 valence electrons. The number of nitrogen functional groups attached to an aromatic ring is 2. The monoisotopic (exact) mass is 285 g/mol. The van der Waals surface area contributed by atoms with Gasteiger partial charge in [0.25, 0.3) is 0 Å². The van der Waals surface area contributed by atoms with Gasteiger partial charge in [0.15, 0.2) is 0 Å². The van der Waals surface area contributed by atoms with Crippen LogP contribution in [0.1, 0.15) is 12.6 Å². The van der Waals surface area contributed by atoms with E-state index in [0.717, 1.165) is 11.3 Å². The molecule has 0 fully saturated rings. The second-order valence-corrected chi connectivity index (χ2v) is 4.22. The largest absolute Gasteiger partial charge is 0.496 e. The van der Waals surface area contributed by atoms with E-state index < -0.39 is 0 Å². The summed E-state index contributed by atoms with van der Waals surface area (Å²) in [7, 11) is 1.50. The maximum atomic E-state index is 8.63. The zero-order valence-electron chi connectivity index (χ0n) is 11.7. The highest BCUT2D eigenvalue weighted by molar-refractivity contribution is 5.79. The van der Waals surface area contributed by atoms with E-state index >= 15 is 0 Å². The Labute approximate surface area is 121 Å². The highest BCUT2D eigenvalue weighted by atomic mass is 16.5. The summed E-state index contributed by atoms with van der Waals surface area (Å²) in [6.45, 7) is 1.95. The summed E-state index contributed by atoms with van der Waals surface area (Å²) in [6.07, 6.45) is 0.648. The average molecular weight is 285 g/mol. The van der Waals surface area contributed by atoms with E-state index in [1.54, 1.807) is 18.2 Å². The number of anilines is 2. The summed E-state index contributed by atoms with van der Waals surface area (Å²) >= 11 is 0. The molecule has 8 nitrogen and oxygen atoms in total. The van der Waals surface area contributed by atoms with Crippen LogP contribution in [0.25, 0.3) is 21.6 Å². The quantitative estimate of drug-likeness (QED) is 0.505. The molecular formula is C13H15N7O. The maximum absolute atomic E-state index is 8.63. The van der Waals surface area contributed by atoms with E-state index in [1.807, 2.05) is 6.92 Å². The number of ether oxygens (including phenoxy) is 1. The summed E-state index contributed by atoms with van der Waals surface area (Å²) < 4.78 is 5.15. The number of rotatable bonds is 4. The van der Waals surface area contributed by atoms with Gasteiger partial charge in [0.1, 0.15) is 11.6 Å². The standard InChI is InChI=1S/C13H15N7O/c1-3-8-11(12(14)18-13(15)17-8)7-4-5-10(21-2)9(6-7)19-20-16/h4-6H,3H2,1-2H3,(H4,14,15,17,18). The zero-order chi connectivity index (χ0) is 15.4. The van der Waals surface area contributed by atoms with Gasteiger partial charge in [-0.05, 0) is 29.6 Å². The van der Waals surface area contributed by atoms with Crippen molar-refractivity contribution >= 4 is 17.5 Å². The average Bonchev–Trinajstić information content (AvgIpc) is 2.46. The van der Waals surface area contributed by atoms with E-state index in [1.165, 1.54) is 7.11 Å². The van der Waals surface area contributed by atoms with Crippen LogP contribution in [0.15, 0.2) is 23.3 Å². The van der Waals surface area contributed by atoms with Crippen molar-refractivity contribution in [3.05, 3.63) is 34.3 Å². The van der Waals surface area contributed by atoms with Gasteiger partial charge in [-0.15, -0.1) is 0 Å². The molecule has 0 aliphatic rings. The van der Waals surface area contributed by atoms with Crippen molar-refractivity contribution in [3.8, 4) is 16.9 Å². The highest BCUT2D eigenvalue weighted by Gasteiger charge is 2.14. The van der Waals surface area contributed by atoms with Crippen molar-refractivity contribution in [2.24, 2.45) is 5.11 Å². The first-order valence-electron chi connectivity index (χ1n) is 6.26. The van der Waals surface area contributed by atoms with Crippen molar-refractivity contribution in [1.82, 2.24) is 9.97 Å². The minimum atomic E-state index is 0.136. The number of hydrogen-bond acceptors (Lipinski definition) is 6. The van der Waals surface area contributed by atoms with Crippen LogP contribution in [0.4, 0.5) is 17.5 Å². The molecular weight excluding hydrogens is 270 g/mol. The fraction of sp³-hybridized carbons (Fsp3) is 0.231. The molecule has 4 N–H and O–H groups in total. The molecule has 0 aliphatic heterocycles. The topological polar surface area (TPSA) is 136 Å². The molecule has 2 aromatic rings. The van der Waals surface area contributed by atoms with Crippen LogP contribution in [0.2, 0.25) is 0 Å². The summed E-state index contributed by atoms with van der Waals surface area (Å²) in [4.78, 5) is 11.0. The SMILES string of the molecule is CCc1nc(N)nc(N)c1-c1ccc(OC)c(N=[N+]=[N-])c1. The molecule has 0 radical (unpaired) electrons. The summed E-state index contributed by atoms with van der Waals surface area (Å²) in [5.41, 5.74) is 22.7. The predicted molar refractivity (Wildman–Crippen MR) is 81.0 cm³/mol. The van der Waals surface area contributed by atoms with Gasteiger partial charge in [0.2, 0.25) is 5.95 Å². The first-order chi connectivity index (χ1) is 10.1. The normalized spacial score (nSPS) is 10.0. The first-order valence-corrected chi connectivity index (χ1v) is 6.26. The third kappa shape index (κ3) is 2.80. The number of aryl methyl sites for hydroxylation is 1. The smallest absolute Gasteiger partial charge is 0.222 e. The van der Waals surface area contributed by atoms with Gasteiger partial charge in [-0.25, -0.2) is 4.98 Å². The summed E-state index contributed by atoms with van der Waals surface area (Å²) in [6, 6.07) is 5.19. The zero-order valence-corrected chi connectivity index (χ0v) is 11.7. The predicted octanol–water partition coefficient (Wildman–Crippen LogP) is 2.82. The Morgan fingerprint density at radius 2 is 2.10 bits per heavy atom. The lowest BCUT2D eigenvalue weighted by molar-refractivity contribution is 0.416. The lowest BCUT2D eigenvalue weighted by Crippen LogP contribution is -2.06. The summed E-state index contributed by atoms with van der Waals surface area (Å²) in [5, 5.41) is 3.62. The van der Waals surface area contributed by atoms with Gasteiger partial charge in [0.05, 0.1) is 18.5 Å². The van der Waals surface area contributed by atoms with Crippen molar-refractivity contribution in [2.45, 2.75) is 13.3 Å². The lowest BCUT2D eigenvalue weighted by Gasteiger charge is -2.12. The molecule has 0 spiro atoms. The molecule has 0 saturated heterocycles. The van der Waals surface area contributed by atoms with Gasteiger partial charge in [-0.2, -0.15) is 4.98 Å². The van der Waals surface area contributed by atoms with Gasteiger partial charge in [-0.3, -0.25) is 0 Å². The molecule has 21 heavy (non-hydrogen) atoms. The number of benzene rings is 1. The van der Waals surface area contributed by atoms with E-state index in [-0.39, 0.29) is 11.8 Å². The number of azide groups is 1. The van der Waals surface area contributed by atoms with E-state index in [0.29, 0.717) is 23.4 Å². The molecule has 0 bridgehead atoms. The van der Waals surface area contributed by atoms with Gasteiger partial charge in [-0.1, -0.05) is 18.1 Å². The van der Waals surface area contributed by atoms with Crippen LogP contribution >= 0.6 is 0 Å². The number of nitrogens with zero attached hydrogens (tertiary/aromatic N) is 5. The number of hydrogen-bond donors (Lipinski definition) is 2. The van der Waals surface area contributed by atoms with Crippen molar-refractivity contribution in [3.63, 3.8) is 0 Å². The number of methoxy groups -OCH3 is 1. The molecule has 2 rings (SSSR count). The van der Waals surface area contributed by atoms with Crippen LogP contribution in [-0.4, -0.2) is 17.1 Å². The minimum Gasteiger partial charge on any atom is -0.496 e. The van der Waals surface area contributed by atoms with E-state index in [4.69, 9.17) is 21.7 Å². The van der Waals surface area contributed by atoms with Crippen LogP contribution in [0, 0.1) is 0 Å². The van der Waals surface area contributed by atoms with Crippen LogP contribution in [-0.2, 0) is 6.42 Å². The lowest BCUT2D eigenvalue weighted by atomic mass is 10.0. The Balaban J connectivity index is 2.67. The molecule has 0 atom stereocenters. The summed E-state index contributed by atoms with van der Waals surface area (Å²) in [5.74, 6) is 0.901. The van der Waals surface area contributed by atoms with Crippen LogP contribution in [0.3, 0.4) is 0 Å². The van der Waals surface area contributed by atoms with Crippen molar-refractivity contribution in [2.75, 3.05) is 18.6 Å². The van der Waals surface area contributed by atoms with Crippen LogP contribution < -0.4 is 16.2 Å². The Bertz CT molecular complexity index is 723. The minimum absolute atomic E-state index is 0.136. The van der Waals surface area contributed by atoms with Crippen LogP contribution in [0.5, 0.6) is 5.75 Å². The van der Waals surface area contributed by atoms with E-state index in [9.17, 15) is 0 Å². The third-order valence-corrected chi connectivity index (χ3v) is 2.98. The molecule has 0 aliphatic carbocycles. The van der Waals surface area contributed by atoms with Gasteiger partial charge < -0.3 is 16.2 Å². The third-order valence-electron chi connectivity index (χ3n) is 2.98. The molecule has 8 heteroatoms. The molecule has 0 amide bonds. The molecule has 1 heterocycles. The number of aromatic nitrogens is 2. The maximum Gasteiger partial charge on any atom is 0.222 e. The highest BCUT2D eigenvalue weighted by Crippen LogP contribution is 2.36. The van der Waals surface area contributed by atoms with Crippen molar-refractivity contribution in [1.29, 1.82) is 0 Å². The molecule has 1 aromatic heterocycles. The van der Waals surface area contributed by atoms with Gasteiger partial charge >= 0.3 is 0 Å². The molecule has 1 aromatic carbocycles. The number of nitrogens with two attached hydrogens (primary N) is 2. The first kappa shape index (κ1) is 14.4. The Kier molecular flexibility index (Phi) is 4.10. The molecule has 0 saturated carbocycles. The Hall–Kier alpha value is -2.99. The van der Waals surface area contributed by atoms with E-state index in [2.05, 4.69) is 20.0 Å². The Morgan fingerprint density at radius 3 is 2.71 bits per heavy atom. The Morgan fingerprint density at radius 1 is 1.33 bits per heavy atom. The fourth-order valence-electron chi connectivity index (χ4n) is 2.09.